The molecule has 0 saturated heterocycles. The zero-order valence-corrected chi connectivity index (χ0v) is 14.6. The summed E-state index contributed by atoms with van der Waals surface area (Å²) in [5.74, 6) is 0.945. The van der Waals surface area contributed by atoms with Crippen molar-refractivity contribution in [1.29, 1.82) is 0 Å². The van der Waals surface area contributed by atoms with Crippen molar-refractivity contribution in [3.05, 3.63) is 48.5 Å². The largest absolute Gasteiger partial charge is 0.493 e. The predicted octanol–water partition coefficient (Wildman–Crippen LogP) is 1.61. The van der Waals surface area contributed by atoms with E-state index in [1.165, 1.54) is 19.1 Å². The van der Waals surface area contributed by atoms with Crippen LogP contribution < -0.4 is 24.4 Å². The lowest BCUT2D eigenvalue weighted by atomic mass is 10.1. The molecular weight excluding hydrogens is 336 g/mol. The first kappa shape index (κ1) is 17.6. The van der Waals surface area contributed by atoms with E-state index in [9.17, 15) is 9.59 Å². The molecule has 2 amide bonds. The maximum Gasteiger partial charge on any atom is 0.265 e. The zero-order chi connectivity index (χ0) is 18.5. The average molecular weight is 356 g/mol. The molecule has 1 atom stereocenters. The fraction of sp³-hybridized carbons (Fsp3) is 0.263. The standard InChI is InChI=1S/C19H20N2O5/c1-20-19(23)17-11-21(13-7-3-4-8-14(13)26-17)18(22)12-25-16-10-6-5-9-15(16)24-2/h3-10,17H,11-12H2,1-2H3,(H,20,23). The summed E-state index contributed by atoms with van der Waals surface area (Å²) in [5.41, 5.74) is 0.612. The van der Waals surface area contributed by atoms with Crippen LogP contribution in [0.15, 0.2) is 48.5 Å². The maximum atomic E-state index is 12.8. The van der Waals surface area contributed by atoms with Crippen molar-refractivity contribution in [1.82, 2.24) is 5.32 Å². The Balaban J connectivity index is 1.78. The molecule has 2 aromatic carbocycles. The lowest BCUT2D eigenvalue weighted by molar-refractivity contribution is -0.128. The molecule has 1 N–H and O–H groups in total. The summed E-state index contributed by atoms with van der Waals surface area (Å²) in [6.45, 7) is -0.0695. The van der Waals surface area contributed by atoms with Gasteiger partial charge in [0.25, 0.3) is 11.8 Å². The van der Waals surface area contributed by atoms with Gasteiger partial charge in [-0.15, -0.1) is 0 Å². The highest BCUT2D eigenvalue weighted by Gasteiger charge is 2.33. The van der Waals surface area contributed by atoms with Crippen LogP contribution in [0.1, 0.15) is 0 Å². The van der Waals surface area contributed by atoms with Gasteiger partial charge in [-0.1, -0.05) is 24.3 Å². The van der Waals surface area contributed by atoms with E-state index in [1.54, 1.807) is 36.4 Å². The van der Waals surface area contributed by atoms with Crippen LogP contribution in [0.25, 0.3) is 0 Å². The third-order valence-electron chi connectivity index (χ3n) is 4.03. The minimum Gasteiger partial charge on any atom is -0.493 e. The molecule has 0 radical (unpaired) electrons. The second-order valence-corrected chi connectivity index (χ2v) is 5.63. The molecule has 0 spiro atoms. The number of benzene rings is 2. The van der Waals surface area contributed by atoms with Gasteiger partial charge in [0.2, 0.25) is 0 Å². The molecule has 0 aromatic heterocycles. The SMILES string of the molecule is CNC(=O)C1CN(C(=O)COc2ccccc2OC)c2ccccc2O1. The molecule has 0 aliphatic carbocycles. The van der Waals surface area contributed by atoms with Crippen LogP contribution in [0.2, 0.25) is 0 Å². The van der Waals surface area contributed by atoms with Crippen LogP contribution in [0.5, 0.6) is 17.2 Å². The highest BCUT2D eigenvalue weighted by Crippen LogP contribution is 2.33. The Kier molecular flexibility index (Phi) is 5.26. The second kappa shape index (κ2) is 7.77. The number of hydrogen-bond acceptors (Lipinski definition) is 5. The van der Waals surface area contributed by atoms with Gasteiger partial charge >= 0.3 is 0 Å². The van der Waals surface area contributed by atoms with Gasteiger partial charge in [-0.05, 0) is 24.3 Å². The van der Waals surface area contributed by atoms with Gasteiger partial charge in [-0.25, -0.2) is 0 Å². The van der Waals surface area contributed by atoms with Crippen LogP contribution in [-0.2, 0) is 9.59 Å². The molecule has 0 fully saturated rings. The van der Waals surface area contributed by atoms with Crippen molar-refractivity contribution in [2.75, 3.05) is 32.2 Å². The van der Waals surface area contributed by atoms with Crippen molar-refractivity contribution >= 4 is 17.5 Å². The molecular formula is C19H20N2O5. The van der Waals surface area contributed by atoms with E-state index in [0.29, 0.717) is 22.9 Å². The number of ether oxygens (including phenoxy) is 3. The number of rotatable bonds is 5. The minimum absolute atomic E-state index is 0.116. The first-order valence-corrected chi connectivity index (χ1v) is 8.17. The van der Waals surface area contributed by atoms with E-state index in [4.69, 9.17) is 14.2 Å². The molecule has 3 rings (SSSR count). The molecule has 1 unspecified atom stereocenters. The van der Waals surface area contributed by atoms with E-state index in [1.807, 2.05) is 12.1 Å². The van der Waals surface area contributed by atoms with Crippen molar-refractivity contribution < 1.29 is 23.8 Å². The highest BCUT2D eigenvalue weighted by atomic mass is 16.5. The van der Waals surface area contributed by atoms with E-state index in [0.717, 1.165) is 0 Å². The molecule has 7 nitrogen and oxygen atoms in total. The molecule has 1 heterocycles. The summed E-state index contributed by atoms with van der Waals surface area (Å²) < 4.78 is 16.5. The van der Waals surface area contributed by atoms with Gasteiger partial charge < -0.3 is 24.4 Å². The van der Waals surface area contributed by atoms with Gasteiger partial charge in [-0.3, -0.25) is 9.59 Å². The summed E-state index contributed by atoms with van der Waals surface area (Å²) in [4.78, 5) is 26.3. The monoisotopic (exact) mass is 356 g/mol. The number of carbonyl (C=O) groups is 2. The fourth-order valence-electron chi connectivity index (χ4n) is 2.72. The van der Waals surface area contributed by atoms with E-state index >= 15 is 0 Å². The second-order valence-electron chi connectivity index (χ2n) is 5.63. The smallest absolute Gasteiger partial charge is 0.265 e. The number of carbonyl (C=O) groups excluding carboxylic acids is 2. The van der Waals surface area contributed by atoms with Crippen LogP contribution in [-0.4, -0.2) is 45.2 Å². The quantitative estimate of drug-likeness (QED) is 0.881. The van der Waals surface area contributed by atoms with Gasteiger partial charge in [0.05, 0.1) is 19.3 Å². The van der Waals surface area contributed by atoms with Crippen LogP contribution in [0, 0.1) is 0 Å². The van der Waals surface area contributed by atoms with Crippen molar-refractivity contribution in [2.24, 2.45) is 0 Å². The third-order valence-corrected chi connectivity index (χ3v) is 4.03. The number of methoxy groups -OCH3 is 1. The topological polar surface area (TPSA) is 77.1 Å². The molecule has 1 aliphatic heterocycles. The number of likely N-dealkylation sites (N-methyl/N-ethyl adjacent to an activating group) is 1. The molecule has 7 heteroatoms. The Morgan fingerprint density at radius 2 is 1.85 bits per heavy atom. The molecule has 0 bridgehead atoms. The van der Waals surface area contributed by atoms with Crippen molar-refractivity contribution in [3.63, 3.8) is 0 Å². The lowest BCUT2D eigenvalue weighted by Crippen LogP contribution is -2.51. The number of hydrogen-bond donors (Lipinski definition) is 1. The number of fused-ring (bicyclic) bond motifs is 1. The van der Waals surface area contributed by atoms with Gasteiger partial charge in [0, 0.05) is 7.05 Å². The number of amides is 2. The predicted molar refractivity (Wildman–Crippen MR) is 95.8 cm³/mol. The van der Waals surface area contributed by atoms with E-state index in [2.05, 4.69) is 5.32 Å². The summed E-state index contributed by atoms with van der Waals surface area (Å²) in [6, 6.07) is 14.2. The molecule has 1 aliphatic rings. The Hall–Kier alpha value is -3.22. The fourth-order valence-corrected chi connectivity index (χ4v) is 2.72. The summed E-state index contributed by atoms with van der Waals surface area (Å²) in [6.07, 6.45) is -0.773. The molecule has 136 valence electrons. The summed E-state index contributed by atoms with van der Waals surface area (Å²) >= 11 is 0. The normalized spacial score (nSPS) is 15.5. The number of nitrogens with zero attached hydrogens (tertiary/aromatic N) is 1. The Morgan fingerprint density at radius 1 is 1.15 bits per heavy atom. The lowest BCUT2D eigenvalue weighted by Gasteiger charge is -2.33. The van der Waals surface area contributed by atoms with Crippen molar-refractivity contribution in [3.8, 4) is 17.2 Å². The average Bonchev–Trinajstić information content (AvgIpc) is 2.70. The van der Waals surface area contributed by atoms with Crippen molar-refractivity contribution in [2.45, 2.75) is 6.10 Å². The van der Waals surface area contributed by atoms with Gasteiger partial charge in [-0.2, -0.15) is 0 Å². The molecule has 0 saturated carbocycles. The Morgan fingerprint density at radius 3 is 2.58 bits per heavy atom. The van der Waals surface area contributed by atoms with Crippen LogP contribution in [0.4, 0.5) is 5.69 Å². The maximum absolute atomic E-state index is 12.8. The minimum atomic E-state index is -0.773. The first-order valence-electron chi connectivity index (χ1n) is 8.17. The summed E-state index contributed by atoms with van der Waals surface area (Å²) in [7, 11) is 3.07. The van der Waals surface area contributed by atoms with Gasteiger partial charge in [0.15, 0.2) is 24.2 Å². The Labute approximate surface area is 151 Å². The zero-order valence-electron chi connectivity index (χ0n) is 14.6. The number of para-hydroxylation sites is 4. The van der Waals surface area contributed by atoms with E-state index < -0.39 is 6.10 Å². The van der Waals surface area contributed by atoms with Crippen LogP contribution in [0.3, 0.4) is 0 Å². The number of nitrogens with one attached hydrogen (secondary N) is 1. The molecule has 2 aromatic rings. The van der Waals surface area contributed by atoms with E-state index in [-0.39, 0.29) is 25.0 Å². The summed E-state index contributed by atoms with van der Waals surface area (Å²) in [5, 5.41) is 2.55. The van der Waals surface area contributed by atoms with Crippen LogP contribution >= 0.6 is 0 Å². The third kappa shape index (κ3) is 3.56. The Bertz CT molecular complexity index is 808. The number of anilines is 1. The molecule has 26 heavy (non-hydrogen) atoms. The highest BCUT2D eigenvalue weighted by molar-refractivity contribution is 5.98. The first-order chi connectivity index (χ1) is 12.6. The van der Waals surface area contributed by atoms with Gasteiger partial charge in [0.1, 0.15) is 5.75 Å².